The number of hydroxylamine groups is 2. The number of nitrogens with zero attached hydrogens (tertiary/aromatic N) is 4. The lowest BCUT2D eigenvalue weighted by Gasteiger charge is -2.16. The minimum atomic E-state index is -1.13. The lowest BCUT2D eigenvalue weighted by molar-refractivity contribution is -0.0796. The molecule has 4 heterocycles. The Morgan fingerprint density at radius 1 is 1.38 bits per heavy atom. The van der Waals surface area contributed by atoms with E-state index >= 15 is 0 Å². The van der Waals surface area contributed by atoms with Gasteiger partial charge >= 0.3 is 0 Å². The number of carbonyl (C=O) groups excluding carboxylic acids is 1. The van der Waals surface area contributed by atoms with E-state index in [1.54, 1.807) is 14.0 Å². The Labute approximate surface area is 190 Å². The number of rotatable bonds is 5. The van der Waals surface area contributed by atoms with Crippen LogP contribution in [0.4, 0.5) is 0 Å². The van der Waals surface area contributed by atoms with E-state index in [4.69, 9.17) is 4.84 Å². The van der Waals surface area contributed by atoms with Gasteiger partial charge in [-0.2, -0.15) is 10.2 Å². The molecule has 1 atom stereocenters. The van der Waals surface area contributed by atoms with Crippen LogP contribution in [0.5, 0.6) is 0 Å². The van der Waals surface area contributed by atoms with Crippen molar-refractivity contribution in [3.05, 3.63) is 43.4 Å². The first kappa shape index (κ1) is 22.6. The molecule has 10 heteroatoms. The third-order valence-electron chi connectivity index (χ3n) is 5.70. The molecule has 172 valence electrons. The van der Waals surface area contributed by atoms with Crippen LogP contribution in [0.3, 0.4) is 0 Å². The van der Waals surface area contributed by atoms with Crippen molar-refractivity contribution < 1.29 is 14.7 Å². The summed E-state index contributed by atoms with van der Waals surface area (Å²) in [5.74, 6) is -0.0788. The lowest BCUT2D eigenvalue weighted by Crippen LogP contribution is -2.35. The quantitative estimate of drug-likeness (QED) is 0.605. The fourth-order valence-corrected chi connectivity index (χ4v) is 5.35. The number of carbonyl (C=O) groups is 1. The van der Waals surface area contributed by atoms with Gasteiger partial charge in [0, 0.05) is 29.6 Å². The van der Waals surface area contributed by atoms with Gasteiger partial charge in [-0.3, -0.25) is 19.5 Å². The number of amides is 1. The lowest BCUT2D eigenvalue weighted by atomic mass is 10.0. The van der Waals surface area contributed by atoms with E-state index in [9.17, 15) is 14.7 Å². The van der Waals surface area contributed by atoms with Gasteiger partial charge in [0.25, 0.3) is 11.5 Å². The van der Waals surface area contributed by atoms with Gasteiger partial charge in [0.2, 0.25) is 0 Å². The SMILES string of the molecule is Cc1n[nH]c(C)c1Cc1sc2c(CC(C)C)nn(C)c(=O)c2c1C(=O)N1CC(C)(O)CO1. The first-order chi connectivity index (χ1) is 15.0. The molecule has 1 unspecified atom stereocenters. The van der Waals surface area contributed by atoms with E-state index in [0.29, 0.717) is 29.7 Å². The second-order valence-electron chi connectivity index (χ2n) is 9.28. The van der Waals surface area contributed by atoms with Crippen LogP contribution in [0.25, 0.3) is 10.1 Å². The average Bonchev–Trinajstić information content (AvgIpc) is 3.36. The Balaban J connectivity index is 1.94. The van der Waals surface area contributed by atoms with Crippen molar-refractivity contribution >= 4 is 27.3 Å². The predicted molar refractivity (Wildman–Crippen MR) is 122 cm³/mol. The van der Waals surface area contributed by atoms with Crippen LogP contribution < -0.4 is 5.56 Å². The van der Waals surface area contributed by atoms with Crippen molar-refractivity contribution in [3.63, 3.8) is 0 Å². The maximum absolute atomic E-state index is 13.6. The third-order valence-corrected chi connectivity index (χ3v) is 6.94. The molecule has 4 rings (SSSR count). The van der Waals surface area contributed by atoms with Crippen molar-refractivity contribution in [1.82, 2.24) is 25.0 Å². The molecule has 0 saturated carbocycles. The van der Waals surface area contributed by atoms with Crippen molar-refractivity contribution in [3.8, 4) is 0 Å². The van der Waals surface area contributed by atoms with Crippen molar-refractivity contribution in [2.24, 2.45) is 13.0 Å². The van der Waals surface area contributed by atoms with E-state index in [1.807, 2.05) is 13.8 Å². The minimum Gasteiger partial charge on any atom is -0.386 e. The normalized spacial score (nSPS) is 18.9. The highest BCUT2D eigenvalue weighted by Gasteiger charge is 2.38. The zero-order chi connectivity index (χ0) is 23.4. The highest BCUT2D eigenvalue weighted by molar-refractivity contribution is 7.19. The molecule has 1 fully saturated rings. The summed E-state index contributed by atoms with van der Waals surface area (Å²) in [5, 5.41) is 23.6. The zero-order valence-electron chi connectivity index (χ0n) is 19.3. The van der Waals surface area contributed by atoms with E-state index < -0.39 is 11.5 Å². The van der Waals surface area contributed by atoms with Crippen molar-refractivity contribution in [2.45, 2.75) is 53.1 Å². The van der Waals surface area contributed by atoms with Crippen molar-refractivity contribution in [1.29, 1.82) is 0 Å². The molecule has 0 bridgehead atoms. The van der Waals surface area contributed by atoms with Gasteiger partial charge in [-0.1, -0.05) is 13.8 Å². The number of thiophene rings is 1. The molecule has 0 spiro atoms. The standard InChI is InChI=1S/C22H29N5O4S/c1-11(2)7-15-19-18(20(28)26(6)25-15)17(21(29)27-9-22(5,30)10-31-27)16(32-19)8-14-12(3)23-24-13(14)4/h11,30H,7-10H2,1-6H3,(H,23,24). The van der Waals surface area contributed by atoms with Gasteiger partial charge in [0.05, 0.1) is 33.6 Å². The van der Waals surface area contributed by atoms with Crippen molar-refractivity contribution in [2.75, 3.05) is 13.2 Å². The fourth-order valence-electron chi connectivity index (χ4n) is 4.06. The number of hydrogen-bond donors (Lipinski definition) is 2. The molecule has 32 heavy (non-hydrogen) atoms. The molecule has 1 aliphatic heterocycles. The van der Waals surface area contributed by atoms with E-state index in [1.165, 1.54) is 21.1 Å². The molecule has 1 aliphatic rings. The van der Waals surface area contributed by atoms with Gasteiger partial charge in [-0.05, 0) is 33.1 Å². The first-order valence-corrected chi connectivity index (χ1v) is 11.5. The van der Waals surface area contributed by atoms with Gasteiger partial charge in [-0.15, -0.1) is 11.3 Å². The summed E-state index contributed by atoms with van der Waals surface area (Å²) in [5.41, 5.74) is 2.46. The number of β-amino-alcohol motifs (C(OH)–C–C–N with tert-alkyl or cyclic N) is 1. The van der Waals surface area contributed by atoms with Crippen LogP contribution in [-0.2, 0) is 24.7 Å². The smallest absolute Gasteiger partial charge is 0.279 e. The Morgan fingerprint density at radius 2 is 2.09 bits per heavy atom. The summed E-state index contributed by atoms with van der Waals surface area (Å²) in [6.45, 7) is 9.73. The molecule has 9 nitrogen and oxygen atoms in total. The molecule has 0 radical (unpaired) electrons. The number of fused-ring (bicyclic) bond motifs is 1. The van der Waals surface area contributed by atoms with Crippen LogP contribution in [-0.4, -0.2) is 54.8 Å². The maximum atomic E-state index is 13.6. The van der Waals surface area contributed by atoms with Gasteiger partial charge in [0.15, 0.2) is 0 Å². The molecular weight excluding hydrogens is 430 g/mol. The second-order valence-corrected chi connectivity index (χ2v) is 10.4. The van der Waals surface area contributed by atoms with Crippen LogP contribution in [0.1, 0.15) is 58.7 Å². The van der Waals surface area contributed by atoms with E-state index in [0.717, 1.165) is 32.2 Å². The Bertz CT molecular complexity index is 1230. The molecular formula is C22H29N5O4S. The number of nitrogens with one attached hydrogen (secondary N) is 1. The molecule has 0 aliphatic carbocycles. The highest BCUT2D eigenvalue weighted by Crippen LogP contribution is 2.36. The van der Waals surface area contributed by atoms with Crippen LogP contribution in [0.15, 0.2) is 4.79 Å². The number of aromatic nitrogens is 4. The molecule has 0 aromatic carbocycles. The second kappa shape index (κ2) is 8.09. The Morgan fingerprint density at radius 3 is 2.66 bits per heavy atom. The summed E-state index contributed by atoms with van der Waals surface area (Å²) in [6.07, 6.45) is 1.15. The number of aliphatic hydroxyl groups is 1. The third kappa shape index (κ3) is 3.98. The van der Waals surface area contributed by atoms with Gasteiger partial charge in [0.1, 0.15) is 12.2 Å². The molecule has 3 aromatic heterocycles. The summed E-state index contributed by atoms with van der Waals surface area (Å²) in [7, 11) is 1.61. The van der Waals surface area contributed by atoms with Crippen LogP contribution in [0.2, 0.25) is 0 Å². The highest BCUT2D eigenvalue weighted by atomic mass is 32.1. The van der Waals surface area contributed by atoms with Crippen LogP contribution in [0, 0.1) is 19.8 Å². The maximum Gasteiger partial charge on any atom is 0.279 e. The molecule has 1 amide bonds. The molecule has 1 saturated heterocycles. The Hall–Kier alpha value is -2.56. The fraction of sp³-hybridized carbons (Fsp3) is 0.545. The average molecular weight is 460 g/mol. The topological polar surface area (TPSA) is 113 Å². The van der Waals surface area contributed by atoms with Gasteiger partial charge < -0.3 is 5.11 Å². The minimum absolute atomic E-state index is 0.0221. The summed E-state index contributed by atoms with van der Waals surface area (Å²) in [6, 6.07) is 0. The zero-order valence-corrected chi connectivity index (χ0v) is 20.1. The largest absolute Gasteiger partial charge is 0.386 e. The van der Waals surface area contributed by atoms with Gasteiger partial charge in [-0.25, -0.2) is 9.75 Å². The number of aryl methyl sites for hydroxylation is 3. The predicted octanol–water partition coefficient (Wildman–Crippen LogP) is 2.26. The molecule has 3 aromatic rings. The summed E-state index contributed by atoms with van der Waals surface area (Å²) < 4.78 is 2.05. The monoisotopic (exact) mass is 459 g/mol. The summed E-state index contributed by atoms with van der Waals surface area (Å²) >= 11 is 1.43. The number of hydrogen-bond acceptors (Lipinski definition) is 7. The number of aromatic amines is 1. The first-order valence-electron chi connectivity index (χ1n) is 10.7. The molecule has 2 N–H and O–H groups in total. The van der Waals surface area contributed by atoms with E-state index in [2.05, 4.69) is 29.1 Å². The number of H-pyrrole nitrogens is 1. The summed E-state index contributed by atoms with van der Waals surface area (Å²) in [4.78, 5) is 33.1. The van der Waals surface area contributed by atoms with Crippen LogP contribution >= 0.6 is 11.3 Å². The Kier molecular flexibility index (Phi) is 5.72. The van der Waals surface area contributed by atoms with E-state index in [-0.39, 0.29) is 18.7 Å².